The number of ether oxygens (including phenoxy) is 1. The average molecular weight is 308 g/mol. The minimum Gasteiger partial charge on any atom is -0.406 e. The van der Waals surface area contributed by atoms with Gasteiger partial charge in [0.15, 0.2) is 0 Å². The first-order valence-electron chi connectivity index (χ1n) is 5.06. The molecule has 0 saturated heterocycles. The van der Waals surface area contributed by atoms with Crippen LogP contribution in [-0.4, -0.2) is 22.1 Å². The normalized spacial score (nSPS) is 10.8. The Morgan fingerprint density at radius 3 is 2.30 bits per heavy atom. The number of nitrogens with zero attached hydrogens (tertiary/aromatic N) is 2. The number of carbonyl (C=O) groups is 1. The molecule has 0 aliphatic heterocycles. The number of benzene rings is 1. The van der Waals surface area contributed by atoms with Gasteiger partial charge in [0, 0.05) is 6.20 Å². The lowest BCUT2D eigenvalue weighted by molar-refractivity contribution is -0.274. The summed E-state index contributed by atoms with van der Waals surface area (Å²) in [6, 6.07) is 5.04. The molecule has 0 aliphatic rings. The molecule has 1 aromatic carbocycles. The van der Waals surface area contributed by atoms with Crippen LogP contribution in [0.25, 0.3) is 5.69 Å². The highest BCUT2D eigenvalue weighted by Gasteiger charge is 2.30. The zero-order valence-electron chi connectivity index (χ0n) is 9.79. The molecule has 2 rings (SSSR count). The van der Waals surface area contributed by atoms with E-state index in [9.17, 15) is 18.0 Å². The number of hydrogen-bond donors (Lipinski definition) is 1. The molecular formula is C11H9ClF3N3O2. The summed E-state index contributed by atoms with van der Waals surface area (Å²) >= 11 is 0. The van der Waals surface area contributed by atoms with E-state index in [1.807, 2.05) is 0 Å². The van der Waals surface area contributed by atoms with Crippen LogP contribution in [0.3, 0.4) is 0 Å². The molecule has 2 aromatic rings. The lowest BCUT2D eigenvalue weighted by atomic mass is 10.3. The SMILES string of the molecule is Cl.NC(=O)c1cnn(-c2ccc(OC(F)(F)F)cc2)c1. The van der Waals surface area contributed by atoms with Gasteiger partial charge in [0.2, 0.25) is 0 Å². The van der Waals surface area contributed by atoms with Crippen LogP contribution in [0.4, 0.5) is 13.2 Å². The minimum absolute atomic E-state index is 0. The van der Waals surface area contributed by atoms with Crippen LogP contribution in [0.5, 0.6) is 5.75 Å². The molecule has 1 heterocycles. The third-order valence-corrected chi connectivity index (χ3v) is 2.20. The van der Waals surface area contributed by atoms with E-state index in [1.165, 1.54) is 29.2 Å². The summed E-state index contributed by atoms with van der Waals surface area (Å²) in [7, 11) is 0. The molecule has 0 aliphatic carbocycles. The van der Waals surface area contributed by atoms with Crippen LogP contribution in [0.1, 0.15) is 10.4 Å². The number of primary amides is 1. The summed E-state index contributed by atoms with van der Waals surface area (Å²) in [6.45, 7) is 0. The molecule has 0 radical (unpaired) electrons. The number of amides is 1. The third-order valence-electron chi connectivity index (χ3n) is 2.20. The number of carbonyl (C=O) groups excluding carboxylic acids is 1. The van der Waals surface area contributed by atoms with Crippen molar-refractivity contribution in [2.45, 2.75) is 6.36 Å². The molecule has 0 bridgehead atoms. The minimum atomic E-state index is -4.73. The fraction of sp³-hybridized carbons (Fsp3) is 0.0909. The van der Waals surface area contributed by atoms with Gasteiger partial charge in [-0.2, -0.15) is 5.10 Å². The Morgan fingerprint density at radius 2 is 1.85 bits per heavy atom. The van der Waals surface area contributed by atoms with Crippen molar-refractivity contribution >= 4 is 18.3 Å². The monoisotopic (exact) mass is 307 g/mol. The smallest absolute Gasteiger partial charge is 0.406 e. The zero-order chi connectivity index (χ0) is 14.0. The van der Waals surface area contributed by atoms with E-state index in [0.717, 1.165) is 12.1 Å². The van der Waals surface area contributed by atoms with Crippen molar-refractivity contribution < 1.29 is 22.7 Å². The molecule has 108 valence electrons. The average Bonchev–Trinajstić information content (AvgIpc) is 2.77. The van der Waals surface area contributed by atoms with Crippen LogP contribution < -0.4 is 10.5 Å². The summed E-state index contributed by atoms with van der Waals surface area (Å²) in [4.78, 5) is 10.9. The fourth-order valence-corrected chi connectivity index (χ4v) is 1.39. The molecule has 2 N–H and O–H groups in total. The number of rotatable bonds is 3. The van der Waals surface area contributed by atoms with Gasteiger partial charge >= 0.3 is 6.36 Å². The molecule has 20 heavy (non-hydrogen) atoms. The summed E-state index contributed by atoms with van der Waals surface area (Å²) in [5.41, 5.74) is 5.74. The zero-order valence-corrected chi connectivity index (χ0v) is 10.6. The molecule has 1 aromatic heterocycles. The first-order chi connectivity index (χ1) is 8.85. The van der Waals surface area contributed by atoms with E-state index >= 15 is 0 Å². The molecule has 0 fully saturated rings. The first-order valence-corrected chi connectivity index (χ1v) is 5.06. The second-order valence-corrected chi connectivity index (χ2v) is 3.58. The Morgan fingerprint density at radius 1 is 1.25 bits per heavy atom. The van der Waals surface area contributed by atoms with E-state index in [1.54, 1.807) is 0 Å². The van der Waals surface area contributed by atoms with E-state index in [2.05, 4.69) is 9.84 Å². The summed E-state index contributed by atoms with van der Waals surface area (Å²) in [6.07, 6.45) is -2.09. The maximum absolute atomic E-state index is 12.0. The number of aromatic nitrogens is 2. The lowest BCUT2D eigenvalue weighted by Crippen LogP contribution is -2.17. The van der Waals surface area contributed by atoms with Gasteiger partial charge in [-0.15, -0.1) is 25.6 Å². The molecule has 0 spiro atoms. The van der Waals surface area contributed by atoms with Crippen molar-refractivity contribution in [3.8, 4) is 11.4 Å². The summed E-state index contributed by atoms with van der Waals surface area (Å²) in [5.74, 6) is -0.971. The van der Waals surface area contributed by atoms with Gasteiger partial charge in [0.1, 0.15) is 5.75 Å². The van der Waals surface area contributed by atoms with Crippen LogP contribution in [0.15, 0.2) is 36.7 Å². The summed E-state index contributed by atoms with van der Waals surface area (Å²) in [5, 5.41) is 3.86. The van der Waals surface area contributed by atoms with Gasteiger partial charge in [0.05, 0.1) is 17.4 Å². The standard InChI is InChI=1S/C11H8F3N3O2.ClH/c12-11(13,14)19-9-3-1-8(2-4-9)17-6-7(5-16-17)10(15)18;/h1-6H,(H2,15,18);1H. The number of hydrogen-bond acceptors (Lipinski definition) is 3. The molecule has 0 saturated carbocycles. The predicted molar refractivity (Wildman–Crippen MR) is 66.0 cm³/mol. The molecule has 1 amide bonds. The van der Waals surface area contributed by atoms with Crippen LogP contribution in [0.2, 0.25) is 0 Å². The molecule has 9 heteroatoms. The van der Waals surface area contributed by atoms with Gasteiger partial charge in [-0.25, -0.2) is 4.68 Å². The van der Waals surface area contributed by atoms with Gasteiger partial charge in [-0.3, -0.25) is 4.79 Å². The van der Waals surface area contributed by atoms with Crippen LogP contribution >= 0.6 is 12.4 Å². The fourth-order valence-electron chi connectivity index (χ4n) is 1.39. The second kappa shape index (κ2) is 5.83. The Hall–Kier alpha value is -2.22. The first kappa shape index (κ1) is 15.8. The maximum atomic E-state index is 12.0. The van der Waals surface area contributed by atoms with E-state index in [-0.39, 0.29) is 23.7 Å². The van der Waals surface area contributed by atoms with E-state index < -0.39 is 12.3 Å². The number of nitrogens with two attached hydrogens (primary N) is 1. The van der Waals surface area contributed by atoms with Gasteiger partial charge in [0.25, 0.3) is 5.91 Å². The Balaban J connectivity index is 0.00000200. The van der Waals surface area contributed by atoms with Crippen molar-refractivity contribution in [2.24, 2.45) is 5.73 Å². The molecule has 0 unspecified atom stereocenters. The van der Waals surface area contributed by atoms with Crippen molar-refractivity contribution in [1.29, 1.82) is 0 Å². The predicted octanol–water partition coefficient (Wildman–Crippen LogP) is 2.29. The van der Waals surface area contributed by atoms with Crippen molar-refractivity contribution in [2.75, 3.05) is 0 Å². The second-order valence-electron chi connectivity index (χ2n) is 3.58. The highest BCUT2D eigenvalue weighted by molar-refractivity contribution is 5.92. The van der Waals surface area contributed by atoms with Crippen LogP contribution in [-0.2, 0) is 0 Å². The van der Waals surface area contributed by atoms with Gasteiger partial charge < -0.3 is 10.5 Å². The van der Waals surface area contributed by atoms with E-state index in [4.69, 9.17) is 5.73 Å². The Bertz CT molecular complexity index is 596. The highest BCUT2D eigenvalue weighted by Crippen LogP contribution is 2.23. The highest BCUT2D eigenvalue weighted by atomic mass is 35.5. The largest absolute Gasteiger partial charge is 0.573 e. The quantitative estimate of drug-likeness (QED) is 0.946. The molecule has 0 atom stereocenters. The van der Waals surface area contributed by atoms with Crippen molar-refractivity contribution in [3.63, 3.8) is 0 Å². The van der Waals surface area contributed by atoms with Gasteiger partial charge in [-0.05, 0) is 24.3 Å². The Kier molecular flexibility index (Phi) is 4.61. The Labute approximate surface area is 117 Å². The maximum Gasteiger partial charge on any atom is 0.573 e. The van der Waals surface area contributed by atoms with Crippen LogP contribution in [0, 0.1) is 0 Å². The number of halogens is 4. The molecular weight excluding hydrogens is 299 g/mol. The number of alkyl halides is 3. The van der Waals surface area contributed by atoms with E-state index in [0.29, 0.717) is 5.69 Å². The molecule has 5 nitrogen and oxygen atoms in total. The summed E-state index contributed by atoms with van der Waals surface area (Å²) < 4.78 is 40.9. The van der Waals surface area contributed by atoms with Gasteiger partial charge in [-0.1, -0.05) is 0 Å². The lowest BCUT2D eigenvalue weighted by Gasteiger charge is -2.09. The van der Waals surface area contributed by atoms with Crippen molar-refractivity contribution in [3.05, 3.63) is 42.2 Å². The third kappa shape index (κ3) is 3.89. The van der Waals surface area contributed by atoms with Crippen molar-refractivity contribution in [1.82, 2.24) is 9.78 Å². The topological polar surface area (TPSA) is 70.1 Å².